The van der Waals surface area contributed by atoms with Crippen molar-refractivity contribution >= 4 is 17.5 Å². The molecule has 94 valence electrons. The molecule has 0 aromatic carbocycles. The van der Waals surface area contributed by atoms with Crippen LogP contribution in [-0.2, 0) is 16.1 Å². The fraction of sp³-hybridized carbons (Fsp3) is 0.500. The van der Waals surface area contributed by atoms with Gasteiger partial charge in [-0.25, -0.2) is 0 Å². The number of aromatic nitrogens is 2. The van der Waals surface area contributed by atoms with E-state index in [0.29, 0.717) is 12.1 Å². The summed E-state index contributed by atoms with van der Waals surface area (Å²) in [6.45, 7) is 0.810. The molecular weight excluding hydrogens is 222 g/mol. The Hall–Kier alpha value is -1.89. The van der Waals surface area contributed by atoms with Gasteiger partial charge in [0.25, 0.3) is 0 Å². The molecule has 1 aromatic rings. The van der Waals surface area contributed by atoms with E-state index in [4.69, 9.17) is 5.73 Å². The molecular formula is C10H17N5O2. The van der Waals surface area contributed by atoms with E-state index in [-0.39, 0.29) is 12.5 Å². The van der Waals surface area contributed by atoms with Gasteiger partial charge in [0.1, 0.15) is 6.54 Å². The van der Waals surface area contributed by atoms with Gasteiger partial charge in [-0.3, -0.25) is 14.3 Å². The van der Waals surface area contributed by atoms with Crippen molar-refractivity contribution in [3.8, 4) is 0 Å². The van der Waals surface area contributed by atoms with Gasteiger partial charge >= 0.3 is 0 Å². The van der Waals surface area contributed by atoms with Gasteiger partial charge in [-0.15, -0.1) is 0 Å². The zero-order valence-electron chi connectivity index (χ0n) is 9.77. The molecule has 2 amide bonds. The van der Waals surface area contributed by atoms with Crippen molar-refractivity contribution in [2.75, 3.05) is 18.9 Å². The van der Waals surface area contributed by atoms with Crippen LogP contribution in [0.2, 0.25) is 0 Å². The first-order chi connectivity index (χ1) is 8.11. The second-order valence-corrected chi connectivity index (χ2v) is 3.65. The van der Waals surface area contributed by atoms with E-state index in [1.54, 1.807) is 6.20 Å². The molecule has 0 radical (unpaired) electrons. The zero-order valence-corrected chi connectivity index (χ0v) is 9.77. The molecule has 0 aliphatic heterocycles. The number of nitrogens with two attached hydrogens (primary N) is 1. The number of carbonyl (C=O) groups excluding carboxylic acids is 2. The number of carbonyl (C=O) groups is 2. The lowest BCUT2D eigenvalue weighted by Gasteiger charge is -2.01. The number of nitrogens with one attached hydrogen (secondary N) is 2. The molecule has 0 unspecified atom stereocenters. The SMILES string of the molecule is CNCCCC(=O)Nc1cnn(CC(N)=O)c1. The summed E-state index contributed by atoms with van der Waals surface area (Å²) >= 11 is 0. The van der Waals surface area contributed by atoms with Gasteiger partial charge in [0.05, 0.1) is 11.9 Å². The van der Waals surface area contributed by atoms with E-state index in [1.165, 1.54) is 10.9 Å². The molecule has 1 rings (SSSR count). The van der Waals surface area contributed by atoms with E-state index in [0.717, 1.165) is 13.0 Å². The minimum atomic E-state index is -0.472. The Kier molecular flexibility index (Phi) is 5.15. The number of anilines is 1. The fourth-order valence-corrected chi connectivity index (χ4v) is 1.32. The monoisotopic (exact) mass is 239 g/mol. The quantitative estimate of drug-likeness (QED) is 0.548. The van der Waals surface area contributed by atoms with Gasteiger partial charge in [-0.1, -0.05) is 0 Å². The number of hydrogen-bond acceptors (Lipinski definition) is 4. The third-order valence-corrected chi connectivity index (χ3v) is 2.07. The third-order valence-electron chi connectivity index (χ3n) is 2.07. The maximum Gasteiger partial charge on any atom is 0.239 e. The lowest BCUT2D eigenvalue weighted by Crippen LogP contribution is -2.18. The number of amides is 2. The minimum absolute atomic E-state index is 0.00955. The third kappa shape index (κ3) is 5.12. The highest BCUT2D eigenvalue weighted by molar-refractivity contribution is 5.90. The first kappa shape index (κ1) is 13.2. The molecule has 17 heavy (non-hydrogen) atoms. The van der Waals surface area contributed by atoms with Crippen LogP contribution in [0, 0.1) is 0 Å². The average Bonchev–Trinajstić information content (AvgIpc) is 2.64. The largest absolute Gasteiger partial charge is 0.368 e. The second-order valence-electron chi connectivity index (χ2n) is 3.65. The van der Waals surface area contributed by atoms with Gasteiger partial charge in [0.15, 0.2) is 0 Å². The van der Waals surface area contributed by atoms with Crippen LogP contribution in [-0.4, -0.2) is 35.2 Å². The predicted octanol–water partition coefficient (Wildman–Crippen LogP) is -0.693. The van der Waals surface area contributed by atoms with Crippen LogP contribution in [0.3, 0.4) is 0 Å². The van der Waals surface area contributed by atoms with Crippen LogP contribution < -0.4 is 16.4 Å². The average molecular weight is 239 g/mol. The summed E-state index contributed by atoms with van der Waals surface area (Å²) in [7, 11) is 1.84. The fourth-order valence-electron chi connectivity index (χ4n) is 1.32. The number of hydrogen-bond donors (Lipinski definition) is 3. The van der Waals surface area contributed by atoms with E-state index in [9.17, 15) is 9.59 Å². The van der Waals surface area contributed by atoms with Gasteiger partial charge in [0, 0.05) is 12.6 Å². The molecule has 0 aliphatic rings. The first-order valence-corrected chi connectivity index (χ1v) is 5.37. The maximum atomic E-state index is 11.5. The molecule has 0 saturated heterocycles. The molecule has 0 atom stereocenters. The summed E-state index contributed by atoms with van der Waals surface area (Å²) in [4.78, 5) is 22.1. The summed E-state index contributed by atoms with van der Waals surface area (Å²) in [5.74, 6) is -0.543. The Bertz CT molecular complexity index is 388. The molecule has 1 aromatic heterocycles. The van der Waals surface area contributed by atoms with Crippen LogP contribution in [0.4, 0.5) is 5.69 Å². The summed E-state index contributed by atoms with van der Waals surface area (Å²) < 4.78 is 1.38. The Morgan fingerprint density at radius 3 is 2.94 bits per heavy atom. The van der Waals surface area contributed by atoms with Crippen molar-refractivity contribution in [2.45, 2.75) is 19.4 Å². The molecule has 0 bridgehead atoms. The van der Waals surface area contributed by atoms with Gasteiger partial charge in [-0.05, 0) is 20.0 Å². The smallest absolute Gasteiger partial charge is 0.239 e. The van der Waals surface area contributed by atoms with E-state index < -0.39 is 5.91 Å². The summed E-state index contributed by atoms with van der Waals surface area (Å²) in [5.41, 5.74) is 5.59. The van der Waals surface area contributed by atoms with Crippen molar-refractivity contribution in [3.05, 3.63) is 12.4 Å². The van der Waals surface area contributed by atoms with Crippen LogP contribution in [0.5, 0.6) is 0 Å². The molecule has 0 spiro atoms. The lowest BCUT2D eigenvalue weighted by molar-refractivity contribution is -0.118. The number of rotatable bonds is 7. The molecule has 7 nitrogen and oxygen atoms in total. The van der Waals surface area contributed by atoms with Crippen LogP contribution >= 0.6 is 0 Å². The Morgan fingerprint density at radius 1 is 1.53 bits per heavy atom. The molecule has 0 saturated carbocycles. The Morgan fingerprint density at radius 2 is 2.29 bits per heavy atom. The van der Waals surface area contributed by atoms with Crippen molar-refractivity contribution in [3.63, 3.8) is 0 Å². The molecule has 0 aliphatic carbocycles. The maximum absolute atomic E-state index is 11.5. The highest BCUT2D eigenvalue weighted by atomic mass is 16.2. The van der Waals surface area contributed by atoms with E-state index in [1.807, 2.05) is 7.05 Å². The highest BCUT2D eigenvalue weighted by Crippen LogP contribution is 2.05. The van der Waals surface area contributed by atoms with Crippen LogP contribution in [0.15, 0.2) is 12.4 Å². The number of nitrogens with zero attached hydrogens (tertiary/aromatic N) is 2. The van der Waals surface area contributed by atoms with Crippen molar-refractivity contribution in [1.82, 2.24) is 15.1 Å². The summed E-state index contributed by atoms with van der Waals surface area (Å²) in [6.07, 6.45) is 4.28. The van der Waals surface area contributed by atoms with Gasteiger partial charge < -0.3 is 16.4 Å². The molecule has 4 N–H and O–H groups in total. The normalized spacial score (nSPS) is 10.2. The highest BCUT2D eigenvalue weighted by Gasteiger charge is 2.05. The zero-order chi connectivity index (χ0) is 12.7. The van der Waals surface area contributed by atoms with Crippen LogP contribution in [0.1, 0.15) is 12.8 Å². The summed E-state index contributed by atoms with van der Waals surface area (Å²) in [5, 5.41) is 9.55. The van der Waals surface area contributed by atoms with E-state index in [2.05, 4.69) is 15.7 Å². The van der Waals surface area contributed by atoms with Crippen molar-refractivity contribution in [2.24, 2.45) is 5.73 Å². The number of primary amides is 1. The van der Waals surface area contributed by atoms with Gasteiger partial charge in [-0.2, -0.15) is 5.10 Å². The Balaban J connectivity index is 2.38. The van der Waals surface area contributed by atoms with E-state index >= 15 is 0 Å². The Labute approximate surface area is 99.4 Å². The van der Waals surface area contributed by atoms with Crippen molar-refractivity contribution in [1.29, 1.82) is 0 Å². The standard InChI is InChI=1S/C10H17N5O2/c1-12-4-2-3-10(17)14-8-5-13-15(6-8)7-9(11)16/h5-6,12H,2-4,7H2,1H3,(H2,11,16)(H,14,17). The van der Waals surface area contributed by atoms with Gasteiger partial charge in [0.2, 0.25) is 11.8 Å². The lowest BCUT2D eigenvalue weighted by atomic mass is 10.3. The minimum Gasteiger partial charge on any atom is -0.368 e. The topological polar surface area (TPSA) is 102 Å². The first-order valence-electron chi connectivity index (χ1n) is 5.37. The van der Waals surface area contributed by atoms with Crippen molar-refractivity contribution < 1.29 is 9.59 Å². The molecule has 1 heterocycles. The van der Waals surface area contributed by atoms with Crippen LogP contribution in [0.25, 0.3) is 0 Å². The predicted molar refractivity (Wildman–Crippen MR) is 63.2 cm³/mol. The molecule has 7 heteroatoms. The second kappa shape index (κ2) is 6.64. The molecule has 0 fully saturated rings. The summed E-state index contributed by atoms with van der Waals surface area (Å²) in [6, 6.07) is 0.